The molecule has 2 aromatic carbocycles. The molecule has 3 aromatic heterocycles. The van der Waals surface area contributed by atoms with Crippen LogP contribution in [0.3, 0.4) is 0 Å². The standard InChI is InChI=1S/C49H54F4N10O4/c1-6-43(65)56-38-22-31(7-10-40(38)61-18-17-60(26-29(61)2)32-12-15-59(16-13-32)33-8-9-37(50)36(23-33)49(51,52)53)55-44-47(67)58(5)27-39(57-44)34-11-14-54-45(35(34)28-64)63-20-19-62-41(46(63)66)21-30-24-48(3,4)25-42(30)62/h6-11,14,21-23,27,29,32,64H,1,12-13,15-20,24-26,28H2,2-5H3,(H,55,57)(H,56,65)/t29-/m0/s1. The molecule has 3 aliphatic heterocycles. The number of amides is 2. The van der Waals surface area contributed by atoms with Crippen LogP contribution in [0.1, 0.15) is 66.5 Å². The van der Waals surface area contributed by atoms with Crippen molar-refractivity contribution in [1.29, 1.82) is 0 Å². The van der Waals surface area contributed by atoms with Crippen molar-refractivity contribution in [1.82, 2.24) is 24.0 Å². The molecule has 0 bridgehead atoms. The van der Waals surface area contributed by atoms with E-state index in [1.165, 1.54) is 28.0 Å². The summed E-state index contributed by atoms with van der Waals surface area (Å²) in [6.07, 6.45) is 2.82. The third kappa shape index (κ3) is 8.79. The van der Waals surface area contributed by atoms with Gasteiger partial charge in [0.05, 0.1) is 29.2 Å². The number of aromatic nitrogens is 4. The Morgan fingerprint density at radius 3 is 2.49 bits per heavy atom. The van der Waals surface area contributed by atoms with Crippen LogP contribution in [0.4, 0.5) is 51.9 Å². The molecule has 352 valence electrons. The Hall–Kier alpha value is -6.53. The zero-order valence-electron chi connectivity index (χ0n) is 38.0. The molecule has 1 aliphatic carbocycles. The van der Waals surface area contributed by atoms with E-state index in [1.54, 1.807) is 42.5 Å². The van der Waals surface area contributed by atoms with Crippen LogP contribution >= 0.6 is 0 Å². The number of aryl methyl sites for hydroxylation is 1. The van der Waals surface area contributed by atoms with Crippen molar-refractivity contribution < 1.29 is 32.3 Å². The maximum atomic E-state index is 14.0. The number of aliphatic hydroxyl groups excluding tert-OH is 1. The normalized spacial score (nSPS) is 18.8. The van der Waals surface area contributed by atoms with Gasteiger partial charge in [0.25, 0.3) is 11.5 Å². The van der Waals surface area contributed by atoms with Crippen molar-refractivity contribution in [3.05, 3.63) is 118 Å². The monoisotopic (exact) mass is 922 g/mol. The van der Waals surface area contributed by atoms with Crippen molar-refractivity contribution in [3.8, 4) is 11.3 Å². The zero-order chi connectivity index (χ0) is 47.5. The highest BCUT2D eigenvalue weighted by Gasteiger charge is 2.39. The van der Waals surface area contributed by atoms with Crippen molar-refractivity contribution in [2.45, 2.75) is 77.9 Å². The number of carbonyl (C=O) groups is 2. The lowest BCUT2D eigenvalue weighted by Crippen LogP contribution is -2.57. The van der Waals surface area contributed by atoms with E-state index < -0.39 is 35.6 Å². The molecule has 4 aliphatic rings. The first kappa shape index (κ1) is 45.6. The molecule has 0 radical (unpaired) electrons. The summed E-state index contributed by atoms with van der Waals surface area (Å²) in [4.78, 5) is 57.9. The first-order chi connectivity index (χ1) is 31.9. The second-order valence-corrected chi connectivity index (χ2v) is 18.8. The number of piperidine rings is 1. The molecule has 9 rings (SSSR count). The third-order valence-electron chi connectivity index (χ3n) is 13.7. The highest BCUT2D eigenvalue weighted by Crippen LogP contribution is 2.41. The average Bonchev–Trinajstić information content (AvgIpc) is 3.79. The minimum absolute atomic E-state index is 0.00596. The Balaban J connectivity index is 0.916. The molecule has 0 spiro atoms. The van der Waals surface area contributed by atoms with E-state index in [2.05, 4.69) is 57.3 Å². The number of rotatable bonds is 10. The van der Waals surface area contributed by atoms with Gasteiger partial charge in [-0.3, -0.25) is 24.2 Å². The van der Waals surface area contributed by atoms with E-state index in [-0.39, 0.29) is 29.2 Å². The van der Waals surface area contributed by atoms with Crippen LogP contribution < -0.4 is 30.9 Å². The van der Waals surface area contributed by atoms with Crippen molar-refractivity contribution >= 4 is 46.2 Å². The molecule has 6 heterocycles. The van der Waals surface area contributed by atoms with Crippen LogP contribution in [-0.2, 0) is 44.0 Å². The lowest BCUT2D eigenvalue weighted by Gasteiger charge is -2.47. The average molecular weight is 923 g/mol. The Bertz CT molecular complexity index is 2830. The lowest BCUT2D eigenvalue weighted by atomic mass is 9.90. The first-order valence-corrected chi connectivity index (χ1v) is 22.6. The number of benzene rings is 2. The van der Waals surface area contributed by atoms with Gasteiger partial charge < -0.3 is 34.7 Å². The molecule has 0 unspecified atom stereocenters. The number of halogens is 4. The van der Waals surface area contributed by atoms with Gasteiger partial charge in [-0.1, -0.05) is 20.4 Å². The quantitative estimate of drug-likeness (QED) is 0.0979. The van der Waals surface area contributed by atoms with E-state index in [4.69, 9.17) is 4.98 Å². The molecule has 14 nitrogen and oxygen atoms in total. The van der Waals surface area contributed by atoms with Gasteiger partial charge in [0.1, 0.15) is 17.3 Å². The van der Waals surface area contributed by atoms with Gasteiger partial charge >= 0.3 is 6.18 Å². The maximum absolute atomic E-state index is 14.0. The molecule has 2 fully saturated rings. The Morgan fingerprint density at radius 2 is 1.78 bits per heavy atom. The number of aliphatic hydroxyl groups is 1. The molecular weight excluding hydrogens is 869 g/mol. The number of hydrogen-bond acceptors (Lipinski definition) is 10. The number of piperazine rings is 1. The summed E-state index contributed by atoms with van der Waals surface area (Å²) in [5.74, 6) is -1.57. The smallest absolute Gasteiger partial charge is 0.392 e. The summed E-state index contributed by atoms with van der Waals surface area (Å²) in [5, 5.41) is 16.9. The summed E-state index contributed by atoms with van der Waals surface area (Å²) in [7, 11) is 1.60. The SMILES string of the molecule is C=CC(=O)Nc1cc(Nc2nc(-c3ccnc(N4CCn5c(cc6c5CC(C)(C)C6)C4=O)c3CO)cn(C)c2=O)ccc1N1CCN(C2CCN(c3ccc(F)c(C(F)(F)F)c3)CC2)C[C@@H]1C. The summed E-state index contributed by atoms with van der Waals surface area (Å²) < 4.78 is 57.7. The van der Waals surface area contributed by atoms with Gasteiger partial charge in [-0.15, -0.1) is 0 Å². The number of carbonyl (C=O) groups excluding carboxylic acids is 2. The highest BCUT2D eigenvalue weighted by atomic mass is 19.4. The fourth-order valence-electron chi connectivity index (χ4n) is 10.4. The van der Waals surface area contributed by atoms with Crippen molar-refractivity contribution in [3.63, 3.8) is 0 Å². The summed E-state index contributed by atoms with van der Waals surface area (Å²) >= 11 is 0. The fraction of sp³-hybridized carbons (Fsp3) is 0.408. The van der Waals surface area contributed by atoms with Gasteiger partial charge in [-0.2, -0.15) is 13.2 Å². The zero-order valence-corrected chi connectivity index (χ0v) is 38.0. The summed E-state index contributed by atoms with van der Waals surface area (Å²) in [5.41, 5.74) is 4.82. The van der Waals surface area contributed by atoms with Gasteiger partial charge in [0.15, 0.2) is 5.82 Å². The van der Waals surface area contributed by atoms with E-state index in [0.29, 0.717) is 91.2 Å². The van der Waals surface area contributed by atoms with Crippen LogP contribution in [0, 0.1) is 11.2 Å². The van der Waals surface area contributed by atoms with Gasteiger partial charge in [-0.05, 0) is 98.2 Å². The van der Waals surface area contributed by atoms with Crippen LogP contribution in [0.2, 0.25) is 0 Å². The summed E-state index contributed by atoms with van der Waals surface area (Å²) in [6.45, 7) is 13.8. The van der Waals surface area contributed by atoms with E-state index in [9.17, 15) is 37.1 Å². The number of hydrogen-bond donors (Lipinski definition) is 3. The van der Waals surface area contributed by atoms with Crippen LogP contribution in [-0.4, -0.2) is 92.3 Å². The third-order valence-corrected chi connectivity index (χ3v) is 13.7. The molecule has 67 heavy (non-hydrogen) atoms. The van der Waals surface area contributed by atoms with Gasteiger partial charge in [0.2, 0.25) is 5.91 Å². The first-order valence-electron chi connectivity index (χ1n) is 22.6. The minimum Gasteiger partial charge on any atom is -0.392 e. The second-order valence-electron chi connectivity index (χ2n) is 18.8. The number of pyridine rings is 1. The largest absolute Gasteiger partial charge is 0.419 e. The number of anilines is 6. The Kier molecular flexibility index (Phi) is 12.0. The van der Waals surface area contributed by atoms with Gasteiger partial charge in [-0.25, -0.2) is 14.4 Å². The van der Waals surface area contributed by atoms with E-state index in [0.717, 1.165) is 43.5 Å². The number of nitrogens with one attached hydrogen (secondary N) is 2. The Labute approximate surface area is 385 Å². The van der Waals surface area contributed by atoms with Crippen molar-refractivity contribution in [2.75, 3.05) is 64.6 Å². The molecule has 0 saturated carbocycles. The van der Waals surface area contributed by atoms with E-state index >= 15 is 0 Å². The molecule has 2 amide bonds. The van der Waals surface area contributed by atoms with Crippen LogP contribution in [0.15, 0.2) is 78.4 Å². The predicted octanol–water partition coefficient (Wildman–Crippen LogP) is 7.13. The maximum Gasteiger partial charge on any atom is 0.419 e. The number of nitrogens with zero attached hydrogens (tertiary/aromatic N) is 8. The number of alkyl halides is 3. The van der Waals surface area contributed by atoms with Gasteiger partial charge in [0, 0.05) is 106 Å². The van der Waals surface area contributed by atoms with Crippen molar-refractivity contribution in [2.24, 2.45) is 12.5 Å². The topological polar surface area (TPSA) is 144 Å². The Morgan fingerprint density at radius 1 is 1.00 bits per heavy atom. The molecule has 18 heteroatoms. The molecule has 1 atom stereocenters. The predicted molar refractivity (Wildman–Crippen MR) is 249 cm³/mol. The molecular formula is C49H54F4N10O4. The van der Waals surface area contributed by atoms with E-state index in [1.807, 2.05) is 17.0 Å². The molecule has 3 N–H and O–H groups in total. The second kappa shape index (κ2) is 17.6. The van der Waals surface area contributed by atoms with Crippen LogP contribution in [0.25, 0.3) is 11.3 Å². The van der Waals surface area contributed by atoms with Crippen LogP contribution in [0.5, 0.6) is 0 Å². The molecule has 5 aromatic rings. The molecule has 2 saturated heterocycles. The minimum atomic E-state index is -4.77. The fourth-order valence-corrected chi connectivity index (χ4v) is 10.4. The number of fused-ring (bicyclic) bond motifs is 3. The lowest BCUT2D eigenvalue weighted by molar-refractivity contribution is -0.140. The highest BCUT2D eigenvalue weighted by molar-refractivity contribution is 6.06. The summed E-state index contributed by atoms with van der Waals surface area (Å²) in [6, 6.07) is 12.5.